The van der Waals surface area contributed by atoms with Crippen molar-refractivity contribution in [2.45, 2.75) is 45.4 Å². The summed E-state index contributed by atoms with van der Waals surface area (Å²) < 4.78 is 5.72. The lowest BCUT2D eigenvalue weighted by Crippen LogP contribution is -2.50. The average Bonchev–Trinajstić information content (AvgIpc) is 2.86. The quantitative estimate of drug-likeness (QED) is 0.911. The molecule has 0 aliphatic carbocycles. The Balaban J connectivity index is 2.01. The number of aryl methyl sites for hydroxylation is 1. The Morgan fingerprint density at radius 2 is 2.28 bits per heavy atom. The van der Waals surface area contributed by atoms with E-state index in [-0.39, 0.29) is 12.1 Å². The van der Waals surface area contributed by atoms with Crippen molar-refractivity contribution in [1.29, 1.82) is 0 Å². The van der Waals surface area contributed by atoms with Gasteiger partial charge in [0.25, 0.3) is 0 Å². The number of thiophene rings is 1. The lowest BCUT2D eigenvalue weighted by Gasteiger charge is -2.37. The number of ether oxygens (including phenoxy) is 1. The second-order valence-corrected chi connectivity index (χ2v) is 6.30. The van der Waals surface area contributed by atoms with E-state index in [1.54, 1.807) is 0 Å². The fourth-order valence-corrected chi connectivity index (χ4v) is 3.39. The predicted octanol–water partition coefficient (Wildman–Crippen LogP) is 2.42. The minimum Gasteiger partial charge on any atom is -0.374 e. The van der Waals surface area contributed by atoms with Crippen molar-refractivity contribution in [3.63, 3.8) is 0 Å². The van der Waals surface area contributed by atoms with E-state index in [0.717, 1.165) is 26.1 Å². The van der Waals surface area contributed by atoms with E-state index in [9.17, 15) is 0 Å². The fraction of sp³-hybridized carbons (Fsp3) is 0.714. The summed E-state index contributed by atoms with van der Waals surface area (Å²) in [7, 11) is 0. The van der Waals surface area contributed by atoms with Gasteiger partial charge in [-0.05, 0) is 32.4 Å². The Kier molecular flexibility index (Phi) is 4.78. The van der Waals surface area contributed by atoms with Crippen LogP contribution in [0.3, 0.4) is 0 Å². The topological polar surface area (TPSA) is 38.5 Å². The van der Waals surface area contributed by atoms with Gasteiger partial charge in [-0.1, -0.05) is 6.92 Å². The smallest absolute Gasteiger partial charge is 0.0850 e. The summed E-state index contributed by atoms with van der Waals surface area (Å²) in [6, 6.07) is 5.10. The van der Waals surface area contributed by atoms with Gasteiger partial charge in [0.2, 0.25) is 0 Å². The van der Waals surface area contributed by atoms with E-state index < -0.39 is 0 Å². The van der Waals surface area contributed by atoms with Crippen molar-refractivity contribution in [2.24, 2.45) is 5.73 Å². The fourth-order valence-electron chi connectivity index (χ4n) is 2.36. The maximum Gasteiger partial charge on any atom is 0.0850 e. The van der Waals surface area contributed by atoms with E-state index in [4.69, 9.17) is 10.5 Å². The normalized spacial score (nSPS) is 25.0. The average molecular weight is 268 g/mol. The van der Waals surface area contributed by atoms with Gasteiger partial charge < -0.3 is 10.5 Å². The number of nitrogens with two attached hydrogens (primary N) is 1. The summed E-state index contributed by atoms with van der Waals surface area (Å²) in [4.78, 5) is 5.41. The summed E-state index contributed by atoms with van der Waals surface area (Å²) in [5.41, 5.74) is 5.94. The summed E-state index contributed by atoms with van der Waals surface area (Å²) >= 11 is 1.93. The van der Waals surface area contributed by atoms with Gasteiger partial charge in [-0.25, -0.2) is 0 Å². The van der Waals surface area contributed by atoms with Crippen LogP contribution in [0.4, 0.5) is 0 Å². The Hall–Kier alpha value is -0.420. The lowest BCUT2D eigenvalue weighted by molar-refractivity contribution is -0.0494. The molecule has 0 aromatic carbocycles. The van der Waals surface area contributed by atoms with Gasteiger partial charge >= 0.3 is 0 Å². The van der Waals surface area contributed by atoms with Crippen LogP contribution in [0, 0.1) is 0 Å². The van der Waals surface area contributed by atoms with Crippen LogP contribution in [-0.4, -0.2) is 36.7 Å². The maximum absolute atomic E-state index is 5.94. The lowest BCUT2D eigenvalue weighted by atomic mass is 10.1. The first kappa shape index (κ1) is 14.0. The Morgan fingerprint density at radius 3 is 2.89 bits per heavy atom. The van der Waals surface area contributed by atoms with Crippen LogP contribution in [0.2, 0.25) is 0 Å². The minimum absolute atomic E-state index is 0.106. The molecule has 2 heterocycles. The summed E-state index contributed by atoms with van der Waals surface area (Å²) in [5.74, 6) is 0. The van der Waals surface area contributed by atoms with Crippen LogP contribution < -0.4 is 5.73 Å². The molecule has 102 valence electrons. The van der Waals surface area contributed by atoms with Gasteiger partial charge in [-0.15, -0.1) is 11.3 Å². The first-order chi connectivity index (χ1) is 8.61. The molecule has 3 atom stereocenters. The molecule has 4 heteroatoms. The van der Waals surface area contributed by atoms with Gasteiger partial charge in [-0.3, -0.25) is 4.90 Å². The first-order valence-corrected chi connectivity index (χ1v) is 7.63. The number of morpholine rings is 1. The standard InChI is InChI=1S/C14H24N2OS/c1-4-12-5-6-14(18-12)11(3)16-7-8-17-13(9-16)10(2)15/h5-6,10-11,13H,4,7-9,15H2,1-3H3. The zero-order chi connectivity index (χ0) is 13.1. The highest BCUT2D eigenvalue weighted by Gasteiger charge is 2.27. The molecule has 1 saturated heterocycles. The molecule has 1 aromatic heterocycles. The molecule has 2 N–H and O–H groups in total. The first-order valence-electron chi connectivity index (χ1n) is 6.81. The predicted molar refractivity (Wildman–Crippen MR) is 77.1 cm³/mol. The van der Waals surface area contributed by atoms with Crippen molar-refractivity contribution >= 4 is 11.3 Å². The van der Waals surface area contributed by atoms with Crippen LogP contribution in [-0.2, 0) is 11.2 Å². The molecule has 1 aromatic rings. The zero-order valence-electron chi connectivity index (χ0n) is 11.6. The highest BCUT2D eigenvalue weighted by molar-refractivity contribution is 7.12. The molecule has 18 heavy (non-hydrogen) atoms. The van der Waals surface area contributed by atoms with Crippen LogP contribution in [0.5, 0.6) is 0 Å². The molecule has 3 nitrogen and oxygen atoms in total. The number of rotatable bonds is 4. The third-order valence-electron chi connectivity index (χ3n) is 3.70. The Bertz CT molecular complexity index is 378. The molecule has 1 fully saturated rings. The molecule has 0 amide bonds. The molecule has 3 unspecified atom stereocenters. The van der Waals surface area contributed by atoms with E-state index in [0.29, 0.717) is 6.04 Å². The van der Waals surface area contributed by atoms with Gasteiger partial charge in [0.05, 0.1) is 12.7 Å². The minimum atomic E-state index is 0.106. The van der Waals surface area contributed by atoms with Gasteiger partial charge in [-0.2, -0.15) is 0 Å². The van der Waals surface area contributed by atoms with Crippen LogP contribution in [0.15, 0.2) is 12.1 Å². The number of hydrogen-bond donors (Lipinski definition) is 1. The second-order valence-electron chi connectivity index (χ2n) is 5.10. The molecule has 0 saturated carbocycles. The van der Waals surface area contributed by atoms with Crippen LogP contribution >= 0.6 is 11.3 Å². The van der Waals surface area contributed by atoms with E-state index >= 15 is 0 Å². The SMILES string of the molecule is CCc1ccc(C(C)N2CCOC(C(C)N)C2)s1. The molecule has 2 rings (SSSR count). The second kappa shape index (κ2) is 6.15. The molecule has 0 radical (unpaired) electrons. The Labute approximate surface area is 114 Å². The summed E-state index contributed by atoms with van der Waals surface area (Å²) in [6.07, 6.45) is 1.30. The van der Waals surface area contributed by atoms with Crippen molar-refractivity contribution in [1.82, 2.24) is 4.90 Å². The Morgan fingerprint density at radius 1 is 1.50 bits per heavy atom. The third kappa shape index (κ3) is 3.12. The molecular formula is C14H24N2OS. The molecule has 0 spiro atoms. The molecule has 1 aliphatic rings. The molecule has 1 aliphatic heterocycles. The van der Waals surface area contributed by atoms with Gasteiger partial charge in [0.1, 0.15) is 0 Å². The number of hydrogen-bond acceptors (Lipinski definition) is 4. The number of nitrogens with zero attached hydrogens (tertiary/aromatic N) is 1. The highest BCUT2D eigenvalue weighted by Crippen LogP contribution is 2.29. The monoisotopic (exact) mass is 268 g/mol. The summed E-state index contributed by atoms with van der Waals surface area (Å²) in [6.45, 7) is 9.26. The maximum atomic E-state index is 5.94. The van der Waals surface area contributed by atoms with Crippen LogP contribution in [0.25, 0.3) is 0 Å². The summed E-state index contributed by atoms with van der Waals surface area (Å²) in [5, 5.41) is 0. The van der Waals surface area contributed by atoms with E-state index in [2.05, 4.69) is 30.9 Å². The van der Waals surface area contributed by atoms with Crippen molar-refractivity contribution in [2.75, 3.05) is 19.7 Å². The molecular weight excluding hydrogens is 244 g/mol. The van der Waals surface area contributed by atoms with E-state index in [1.165, 1.54) is 9.75 Å². The van der Waals surface area contributed by atoms with Crippen LogP contribution in [0.1, 0.15) is 36.6 Å². The zero-order valence-corrected chi connectivity index (χ0v) is 12.4. The van der Waals surface area contributed by atoms with Crippen molar-refractivity contribution in [3.05, 3.63) is 21.9 Å². The van der Waals surface area contributed by atoms with Crippen molar-refractivity contribution in [3.8, 4) is 0 Å². The third-order valence-corrected chi connectivity index (χ3v) is 5.10. The largest absolute Gasteiger partial charge is 0.374 e. The molecule has 0 bridgehead atoms. The highest BCUT2D eigenvalue weighted by atomic mass is 32.1. The van der Waals surface area contributed by atoms with E-state index in [1.807, 2.05) is 18.3 Å². The van der Waals surface area contributed by atoms with Gasteiger partial charge in [0.15, 0.2) is 0 Å². The van der Waals surface area contributed by atoms with Crippen molar-refractivity contribution < 1.29 is 4.74 Å². The van der Waals surface area contributed by atoms with Gasteiger partial charge in [0, 0.05) is 34.9 Å².